The van der Waals surface area contributed by atoms with Gasteiger partial charge in [-0.2, -0.15) is 17.0 Å². The van der Waals surface area contributed by atoms with E-state index >= 15 is 0 Å². The Bertz CT molecular complexity index is 359. The third-order valence-electron chi connectivity index (χ3n) is 4.03. The molecule has 1 saturated heterocycles. The van der Waals surface area contributed by atoms with Crippen LogP contribution in [0, 0.1) is 5.92 Å². The second-order valence-electron chi connectivity index (χ2n) is 5.95. The van der Waals surface area contributed by atoms with Gasteiger partial charge in [0.15, 0.2) is 0 Å². The molecule has 0 aromatic heterocycles. The maximum absolute atomic E-state index is 12.7. The highest BCUT2D eigenvalue weighted by Gasteiger charge is 2.31. The molecule has 0 aliphatic carbocycles. The Morgan fingerprint density at radius 3 is 2.10 bits per heavy atom. The topological polar surface area (TPSA) is 52.7 Å². The molecule has 6 heteroatoms. The Kier molecular flexibility index (Phi) is 8.78. The van der Waals surface area contributed by atoms with E-state index in [2.05, 4.69) is 12.2 Å². The SMILES string of the molecule is CCCNCC1CCN(S(=O)(=O)N(CCC)CCC)CC1. The van der Waals surface area contributed by atoms with Gasteiger partial charge < -0.3 is 5.32 Å². The summed E-state index contributed by atoms with van der Waals surface area (Å²) in [6.07, 6.45) is 4.84. The third kappa shape index (κ3) is 5.85. The number of piperidine rings is 1. The minimum Gasteiger partial charge on any atom is -0.316 e. The van der Waals surface area contributed by atoms with E-state index in [1.807, 2.05) is 13.8 Å². The molecule has 21 heavy (non-hydrogen) atoms. The Hall–Kier alpha value is -0.170. The molecule has 1 heterocycles. The lowest BCUT2D eigenvalue weighted by Crippen LogP contribution is -2.48. The van der Waals surface area contributed by atoms with E-state index < -0.39 is 10.2 Å². The van der Waals surface area contributed by atoms with Gasteiger partial charge in [-0.05, 0) is 51.1 Å². The van der Waals surface area contributed by atoms with Crippen LogP contribution in [-0.4, -0.2) is 56.3 Å². The fourth-order valence-electron chi connectivity index (χ4n) is 2.83. The van der Waals surface area contributed by atoms with Gasteiger partial charge in [-0.25, -0.2) is 0 Å². The Morgan fingerprint density at radius 2 is 1.62 bits per heavy atom. The molecule has 0 aromatic rings. The van der Waals surface area contributed by atoms with Gasteiger partial charge in [0.2, 0.25) is 0 Å². The molecule has 0 amide bonds. The molecule has 0 atom stereocenters. The highest BCUT2D eigenvalue weighted by atomic mass is 32.2. The summed E-state index contributed by atoms with van der Waals surface area (Å²) in [6, 6.07) is 0. The zero-order valence-electron chi connectivity index (χ0n) is 14.0. The second kappa shape index (κ2) is 9.77. The van der Waals surface area contributed by atoms with Crippen molar-refractivity contribution in [2.24, 2.45) is 5.92 Å². The number of nitrogens with zero attached hydrogens (tertiary/aromatic N) is 2. The molecule has 1 fully saturated rings. The predicted octanol–water partition coefficient (Wildman–Crippen LogP) is 2.06. The minimum absolute atomic E-state index is 0.619. The maximum atomic E-state index is 12.7. The normalized spacial score (nSPS) is 18.5. The van der Waals surface area contributed by atoms with Gasteiger partial charge in [-0.3, -0.25) is 0 Å². The van der Waals surface area contributed by atoms with E-state index in [1.165, 1.54) is 0 Å². The van der Waals surface area contributed by atoms with Crippen LogP contribution < -0.4 is 5.32 Å². The van der Waals surface area contributed by atoms with Crippen molar-refractivity contribution in [2.45, 2.75) is 52.9 Å². The lowest BCUT2D eigenvalue weighted by molar-refractivity contribution is 0.249. The molecule has 0 unspecified atom stereocenters. The fraction of sp³-hybridized carbons (Fsp3) is 1.00. The van der Waals surface area contributed by atoms with Gasteiger partial charge in [0.05, 0.1) is 0 Å². The monoisotopic (exact) mass is 319 g/mol. The molecule has 1 aliphatic rings. The first-order chi connectivity index (χ1) is 10.1. The molecule has 5 nitrogen and oxygen atoms in total. The van der Waals surface area contributed by atoms with E-state index in [0.717, 1.165) is 45.2 Å². The number of hydrogen-bond acceptors (Lipinski definition) is 3. The molecule has 0 aromatic carbocycles. The summed E-state index contributed by atoms with van der Waals surface area (Å²) in [5, 5.41) is 3.44. The van der Waals surface area contributed by atoms with Crippen LogP contribution in [0.1, 0.15) is 52.9 Å². The summed E-state index contributed by atoms with van der Waals surface area (Å²) in [4.78, 5) is 0. The van der Waals surface area contributed by atoms with Gasteiger partial charge in [0.1, 0.15) is 0 Å². The highest BCUT2D eigenvalue weighted by molar-refractivity contribution is 7.86. The predicted molar refractivity (Wildman–Crippen MR) is 88.5 cm³/mol. The summed E-state index contributed by atoms with van der Waals surface area (Å²) < 4.78 is 28.7. The Morgan fingerprint density at radius 1 is 1.05 bits per heavy atom. The zero-order valence-corrected chi connectivity index (χ0v) is 14.8. The largest absolute Gasteiger partial charge is 0.316 e. The first-order valence-corrected chi connectivity index (χ1v) is 9.91. The van der Waals surface area contributed by atoms with E-state index in [1.54, 1.807) is 8.61 Å². The molecule has 1 aliphatic heterocycles. The van der Waals surface area contributed by atoms with Crippen molar-refractivity contribution in [3.8, 4) is 0 Å². The lowest BCUT2D eigenvalue weighted by atomic mass is 9.98. The molecule has 1 rings (SSSR count). The smallest absolute Gasteiger partial charge is 0.281 e. The van der Waals surface area contributed by atoms with Crippen LogP contribution in [0.3, 0.4) is 0 Å². The molecule has 126 valence electrons. The summed E-state index contributed by atoms with van der Waals surface area (Å²) in [5.41, 5.74) is 0. The maximum Gasteiger partial charge on any atom is 0.281 e. The average Bonchev–Trinajstić information content (AvgIpc) is 2.48. The lowest BCUT2D eigenvalue weighted by Gasteiger charge is -2.35. The molecule has 0 spiro atoms. The van der Waals surface area contributed by atoms with E-state index in [-0.39, 0.29) is 0 Å². The van der Waals surface area contributed by atoms with E-state index in [9.17, 15) is 8.42 Å². The van der Waals surface area contributed by atoms with Crippen LogP contribution in [0.5, 0.6) is 0 Å². The summed E-state index contributed by atoms with van der Waals surface area (Å²) in [7, 11) is -3.25. The first kappa shape index (κ1) is 18.9. The van der Waals surface area contributed by atoms with Gasteiger partial charge in [0.25, 0.3) is 10.2 Å². The highest BCUT2D eigenvalue weighted by Crippen LogP contribution is 2.21. The van der Waals surface area contributed by atoms with Crippen molar-refractivity contribution in [2.75, 3.05) is 39.3 Å². The molecule has 1 N–H and O–H groups in total. The quantitative estimate of drug-likeness (QED) is 0.627. The Labute approximate surface area is 131 Å². The van der Waals surface area contributed by atoms with Crippen LogP contribution in [-0.2, 0) is 10.2 Å². The zero-order chi connectivity index (χ0) is 15.7. The summed E-state index contributed by atoms with van der Waals surface area (Å²) >= 11 is 0. The van der Waals surface area contributed by atoms with Gasteiger partial charge >= 0.3 is 0 Å². The van der Waals surface area contributed by atoms with Gasteiger partial charge in [-0.1, -0.05) is 20.8 Å². The molecular formula is C15H33N3O2S. The van der Waals surface area contributed by atoms with Crippen molar-refractivity contribution < 1.29 is 8.42 Å². The molecule has 0 radical (unpaired) electrons. The number of nitrogens with one attached hydrogen (secondary N) is 1. The van der Waals surface area contributed by atoms with Gasteiger partial charge in [-0.15, -0.1) is 0 Å². The fourth-order valence-corrected chi connectivity index (χ4v) is 4.66. The summed E-state index contributed by atoms with van der Waals surface area (Å²) in [6.45, 7) is 10.9. The van der Waals surface area contributed by atoms with E-state index in [4.69, 9.17) is 0 Å². The Balaban J connectivity index is 2.50. The van der Waals surface area contributed by atoms with Crippen molar-refractivity contribution >= 4 is 10.2 Å². The third-order valence-corrected chi connectivity index (χ3v) is 6.07. The van der Waals surface area contributed by atoms with Crippen LogP contribution in [0.4, 0.5) is 0 Å². The van der Waals surface area contributed by atoms with Crippen LogP contribution in [0.2, 0.25) is 0 Å². The van der Waals surface area contributed by atoms with Crippen LogP contribution in [0.25, 0.3) is 0 Å². The van der Waals surface area contributed by atoms with Gasteiger partial charge in [0, 0.05) is 26.2 Å². The van der Waals surface area contributed by atoms with Crippen molar-refractivity contribution in [1.82, 2.24) is 13.9 Å². The second-order valence-corrected chi connectivity index (χ2v) is 7.88. The first-order valence-electron chi connectivity index (χ1n) is 8.52. The molecule has 0 bridgehead atoms. The van der Waals surface area contributed by atoms with Crippen molar-refractivity contribution in [3.05, 3.63) is 0 Å². The van der Waals surface area contributed by atoms with Crippen LogP contribution in [0.15, 0.2) is 0 Å². The molecule has 0 saturated carbocycles. The molecular weight excluding hydrogens is 286 g/mol. The van der Waals surface area contributed by atoms with Crippen LogP contribution >= 0.6 is 0 Å². The van der Waals surface area contributed by atoms with Crippen molar-refractivity contribution in [3.63, 3.8) is 0 Å². The summed E-state index contributed by atoms with van der Waals surface area (Å²) in [5.74, 6) is 0.619. The van der Waals surface area contributed by atoms with E-state index in [0.29, 0.717) is 32.1 Å². The number of rotatable bonds is 10. The average molecular weight is 320 g/mol. The standard InChI is InChI=1S/C15H33N3O2S/c1-4-9-16-14-15-7-12-18(13-8-15)21(19,20)17(10-5-2)11-6-3/h15-16H,4-14H2,1-3H3. The minimum atomic E-state index is -3.25. The van der Waals surface area contributed by atoms with Crippen molar-refractivity contribution in [1.29, 1.82) is 0 Å². The number of hydrogen-bond donors (Lipinski definition) is 1.